The van der Waals surface area contributed by atoms with Crippen molar-refractivity contribution >= 4 is 27.9 Å². The van der Waals surface area contributed by atoms with Crippen LogP contribution in [0.1, 0.15) is 28.4 Å². The Labute approximate surface area is 138 Å². The summed E-state index contributed by atoms with van der Waals surface area (Å²) in [5, 5.41) is 0. The van der Waals surface area contributed by atoms with Gasteiger partial charge in [0.25, 0.3) is 0 Å². The topological polar surface area (TPSA) is 29.5 Å². The maximum Gasteiger partial charge on any atom is 0.152 e. The van der Waals surface area contributed by atoms with Crippen molar-refractivity contribution < 1.29 is 9.53 Å². The Morgan fingerprint density at radius 2 is 1.91 bits per heavy atom. The Hall–Kier alpha value is -1.65. The number of carbonyl (C=O) groups excluding carboxylic acids is 1. The highest BCUT2D eigenvalue weighted by Gasteiger charge is 2.47. The van der Waals surface area contributed by atoms with E-state index in [0.717, 1.165) is 35.0 Å². The molecule has 2 fully saturated rings. The van der Waals surface area contributed by atoms with E-state index < -0.39 is 0 Å². The molecule has 22 heavy (non-hydrogen) atoms. The van der Waals surface area contributed by atoms with Gasteiger partial charge in [0.1, 0.15) is 6.10 Å². The van der Waals surface area contributed by atoms with E-state index in [1.165, 1.54) is 5.56 Å². The van der Waals surface area contributed by atoms with Crippen molar-refractivity contribution in [2.45, 2.75) is 24.7 Å². The summed E-state index contributed by atoms with van der Waals surface area (Å²) in [7, 11) is 0. The number of carbonyl (C=O) groups is 1. The molecule has 0 saturated carbocycles. The van der Waals surface area contributed by atoms with Crippen LogP contribution in [0.25, 0.3) is 0 Å². The molecule has 0 N–H and O–H groups in total. The van der Waals surface area contributed by atoms with Crippen LogP contribution in [0, 0.1) is 0 Å². The van der Waals surface area contributed by atoms with Crippen molar-refractivity contribution in [1.29, 1.82) is 0 Å². The third-order valence-corrected chi connectivity index (χ3v) is 5.09. The average Bonchev–Trinajstić information content (AvgIpc) is 3.16. The van der Waals surface area contributed by atoms with Gasteiger partial charge in [-0.15, -0.1) is 0 Å². The van der Waals surface area contributed by atoms with Crippen LogP contribution in [0.5, 0.6) is 0 Å². The Balaban J connectivity index is 1.67. The number of anilines is 1. The lowest BCUT2D eigenvalue weighted by molar-refractivity contribution is 0.0261. The summed E-state index contributed by atoms with van der Waals surface area (Å²) in [4.78, 5) is 13.7. The van der Waals surface area contributed by atoms with Gasteiger partial charge in [-0.25, -0.2) is 0 Å². The number of hydrogen-bond acceptors (Lipinski definition) is 3. The molecule has 112 valence electrons. The van der Waals surface area contributed by atoms with Crippen molar-refractivity contribution in [2.75, 3.05) is 11.4 Å². The Morgan fingerprint density at radius 1 is 1.14 bits per heavy atom. The van der Waals surface area contributed by atoms with Crippen molar-refractivity contribution in [1.82, 2.24) is 0 Å². The van der Waals surface area contributed by atoms with Gasteiger partial charge >= 0.3 is 0 Å². The Kier molecular flexibility index (Phi) is 3.51. The van der Waals surface area contributed by atoms with E-state index in [1.54, 1.807) is 0 Å². The fourth-order valence-electron chi connectivity index (χ4n) is 3.59. The van der Waals surface area contributed by atoms with Crippen LogP contribution in [-0.4, -0.2) is 25.0 Å². The zero-order chi connectivity index (χ0) is 15.1. The van der Waals surface area contributed by atoms with E-state index in [4.69, 9.17) is 4.74 Å². The molecule has 3 atom stereocenters. The maximum absolute atomic E-state index is 11.3. The summed E-state index contributed by atoms with van der Waals surface area (Å²) in [5.74, 6) is 0. The van der Waals surface area contributed by atoms with Gasteiger partial charge in [0.05, 0.1) is 12.1 Å². The second-order valence-corrected chi connectivity index (χ2v) is 6.78. The van der Waals surface area contributed by atoms with Crippen LogP contribution in [0.3, 0.4) is 0 Å². The first-order valence-electron chi connectivity index (χ1n) is 7.48. The number of benzene rings is 2. The molecule has 2 heterocycles. The third-order valence-electron chi connectivity index (χ3n) is 4.57. The molecule has 2 aromatic rings. The first-order chi connectivity index (χ1) is 10.8. The highest BCUT2D eigenvalue weighted by Crippen LogP contribution is 2.44. The molecular formula is C18H16BrNO2. The molecule has 0 spiro atoms. The number of ether oxygens (including phenoxy) is 1. The number of aldehydes is 1. The number of halogens is 1. The second kappa shape index (κ2) is 5.52. The third kappa shape index (κ3) is 2.27. The van der Waals surface area contributed by atoms with Crippen molar-refractivity contribution in [3.8, 4) is 0 Å². The normalized spacial score (nSPS) is 26.4. The predicted octanol–water partition coefficient (Wildman–Crippen LogP) is 3.98. The minimum atomic E-state index is 0.0755. The number of para-hydroxylation sites is 1. The number of hydrogen-bond donors (Lipinski definition) is 0. The summed E-state index contributed by atoms with van der Waals surface area (Å²) in [6.07, 6.45) is 2.29. The number of fused-ring (bicyclic) bond motifs is 2. The largest absolute Gasteiger partial charge is 0.366 e. The van der Waals surface area contributed by atoms with Crippen molar-refractivity contribution in [2.24, 2.45) is 0 Å². The monoisotopic (exact) mass is 357 g/mol. The van der Waals surface area contributed by atoms with E-state index in [-0.39, 0.29) is 12.2 Å². The van der Waals surface area contributed by atoms with Gasteiger partial charge in [-0.3, -0.25) is 4.79 Å². The van der Waals surface area contributed by atoms with E-state index in [9.17, 15) is 4.79 Å². The van der Waals surface area contributed by atoms with Crippen LogP contribution in [0.2, 0.25) is 0 Å². The zero-order valence-corrected chi connectivity index (χ0v) is 13.6. The van der Waals surface area contributed by atoms with Crippen molar-refractivity contribution in [3.63, 3.8) is 0 Å². The van der Waals surface area contributed by atoms with Gasteiger partial charge in [-0.2, -0.15) is 0 Å². The van der Waals surface area contributed by atoms with Gasteiger partial charge in [0, 0.05) is 22.3 Å². The molecule has 0 aromatic heterocycles. The van der Waals surface area contributed by atoms with Gasteiger partial charge in [-0.05, 0) is 36.2 Å². The molecule has 0 aliphatic carbocycles. The summed E-state index contributed by atoms with van der Waals surface area (Å²) in [6.45, 7) is 0.864. The summed E-state index contributed by atoms with van der Waals surface area (Å²) < 4.78 is 7.24. The molecule has 2 aliphatic rings. The van der Waals surface area contributed by atoms with Gasteiger partial charge < -0.3 is 9.64 Å². The fourth-order valence-corrected chi connectivity index (χ4v) is 3.85. The average molecular weight is 358 g/mol. The van der Waals surface area contributed by atoms with Crippen LogP contribution >= 0.6 is 15.9 Å². The molecule has 0 amide bonds. The molecular weight excluding hydrogens is 342 g/mol. The second-order valence-electron chi connectivity index (χ2n) is 5.86. The first kappa shape index (κ1) is 14.0. The predicted molar refractivity (Wildman–Crippen MR) is 89.3 cm³/mol. The van der Waals surface area contributed by atoms with Gasteiger partial charge in [-0.1, -0.05) is 40.2 Å². The number of rotatable bonds is 3. The van der Waals surface area contributed by atoms with Gasteiger partial charge in [0.2, 0.25) is 0 Å². The summed E-state index contributed by atoms with van der Waals surface area (Å²) >= 11 is 3.47. The number of nitrogens with zero attached hydrogens (tertiary/aromatic N) is 1. The standard InChI is InChI=1S/C18H16BrNO2/c19-14-7-5-12(6-8-14)18-17-9-15(22-18)10-20(17)16-4-2-1-3-13(16)11-21/h1-8,11,15,17-18H,9-10H2/t15-,17-,18+/m0/s1. The lowest BCUT2D eigenvalue weighted by atomic mass is 10.0. The molecule has 2 aliphatic heterocycles. The first-order valence-corrected chi connectivity index (χ1v) is 8.27. The Bertz CT molecular complexity index is 700. The highest BCUT2D eigenvalue weighted by atomic mass is 79.9. The fraction of sp³-hybridized carbons (Fsp3) is 0.278. The molecule has 2 bridgehead atoms. The summed E-state index contributed by atoms with van der Waals surface area (Å²) in [5.41, 5.74) is 2.98. The molecule has 0 unspecified atom stereocenters. The minimum Gasteiger partial charge on any atom is -0.366 e. The van der Waals surface area contributed by atoms with Crippen molar-refractivity contribution in [3.05, 3.63) is 64.1 Å². The van der Waals surface area contributed by atoms with Crippen LogP contribution in [-0.2, 0) is 4.74 Å². The smallest absolute Gasteiger partial charge is 0.152 e. The molecule has 4 heteroatoms. The molecule has 2 aromatic carbocycles. The van der Waals surface area contributed by atoms with Crippen LogP contribution < -0.4 is 4.90 Å². The van der Waals surface area contributed by atoms with E-state index in [2.05, 4.69) is 33.0 Å². The van der Waals surface area contributed by atoms with E-state index in [0.29, 0.717) is 6.04 Å². The number of morpholine rings is 1. The summed E-state index contributed by atoms with van der Waals surface area (Å²) in [6, 6.07) is 16.4. The highest BCUT2D eigenvalue weighted by molar-refractivity contribution is 9.10. The van der Waals surface area contributed by atoms with Crippen LogP contribution in [0.15, 0.2) is 53.0 Å². The van der Waals surface area contributed by atoms with E-state index in [1.807, 2.05) is 36.4 Å². The molecule has 4 rings (SSSR count). The maximum atomic E-state index is 11.3. The molecule has 2 saturated heterocycles. The van der Waals surface area contributed by atoms with E-state index >= 15 is 0 Å². The molecule has 3 nitrogen and oxygen atoms in total. The lowest BCUT2D eigenvalue weighted by Gasteiger charge is -2.35. The van der Waals surface area contributed by atoms with Gasteiger partial charge in [0.15, 0.2) is 6.29 Å². The lowest BCUT2D eigenvalue weighted by Crippen LogP contribution is -2.39. The zero-order valence-electron chi connectivity index (χ0n) is 12.0. The molecule has 0 radical (unpaired) electrons. The quantitative estimate of drug-likeness (QED) is 0.778. The van der Waals surface area contributed by atoms with Crippen LogP contribution in [0.4, 0.5) is 5.69 Å². The SMILES string of the molecule is O=Cc1ccccc1N1C[C@@H]2C[C@H]1[C@@H](c1ccc(Br)cc1)O2. The Morgan fingerprint density at radius 3 is 2.64 bits per heavy atom. The minimum absolute atomic E-state index is 0.0755.